The molecule has 1 aliphatic carbocycles. The van der Waals surface area contributed by atoms with Crippen LogP contribution in [0, 0.1) is 18.8 Å². The zero-order chi connectivity index (χ0) is 12.3. The average Bonchev–Trinajstić information content (AvgIpc) is 2.77. The lowest BCUT2D eigenvalue weighted by molar-refractivity contribution is -0.120. The number of aromatic nitrogens is 1. The number of hydrogen-bond donors (Lipinski definition) is 2. The number of nitrogens with zero attached hydrogens (tertiary/aromatic N) is 1. The lowest BCUT2D eigenvalue weighted by Gasteiger charge is -2.17. The third kappa shape index (κ3) is 4.64. The molecule has 1 heterocycles. The van der Waals surface area contributed by atoms with Gasteiger partial charge in [-0.1, -0.05) is 6.42 Å². The number of carbonyl (C=O) groups is 1. The predicted octanol–water partition coefficient (Wildman–Crippen LogP) is 2.55. The fourth-order valence-electron chi connectivity index (χ4n) is 2.49. The molecule has 1 aliphatic rings. The number of aryl methyl sites for hydroxylation is 1. The second-order valence-corrected chi connectivity index (χ2v) is 4.74. The van der Waals surface area contributed by atoms with Crippen molar-refractivity contribution in [2.75, 3.05) is 11.9 Å². The summed E-state index contributed by atoms with van der Waals surface area (Å²) >= 11 is 0. The molecule has 0 aliphatic heterocycles. The van der Waals surface area contributed by atoms with E-state index in [0.29, 0.717) is 18.3 Å². The van der Waals surface area contributed by atoms with Gasteiger partial charge in [0, 0.05) is 12.1 Å². The Hall–Kier alpha value is -0.840. The van der Waals surface area contributed by atoms with Crippen molar-refractivity contribution in [1.82, 2.24) is 4.98 Å². The first-order valence-corrected chi connectivity index (χ1v) is 6.14. The molecule has 1 saturated carbocycles. The molecule has 0 unspecified atom stereocenters. The minimum atomic E-state index is 0. The number of halogens is 2. The molecule has 0 aromatic carbocycles. The first-order valence-electron chi connectivity index (χ1n) is 6.14. The maximum absolute atomic E-state index is 12.1. The van der Waals surface area contributed by atoms with Gasteiger partial charge in [0.25, 0.3) is 0 Å². The zero-order valence-corrected chi connectivity index (χ0v) is 12.6. The summed E-state index contributed by atoms with van der Waals surface area (Å²) in [6, 6.07) is 3.79. The van der Waals surface area contributed by atoms with Gasteiger partial charge in [0.1, 0.15) is 5.82 Å². The van der Waals surface area contributed by atoms with E-state index in [1.165, 1.54) is 0 Å². The van der Waals surface area contributed by atoms with Crippen molar-refractivity contribution in [2.45, 2.75) is 26.2 Å². The van der Waals surface area contributed by atoms with Crippen molar-refractivity contribution in [3.05, 3.63) is 23.9 Å². The van der Waals surface area contributed by atoms with Crippen LogP contribution in [0.25, 0.3) is 0 Å². The SMILES string of the molecule is Cc1ccnc(NC(=O)[C@@H]2CCC[C@@H]2CN)c1.Cl.Cl. The fraction of sp³-hybridized carbons (Fsp3) is 0.538. The van der Waals surface area contributed by atoms with Crippen LogP contribution >= 0.6 is 24.8 Å². The van der Waals surface area contributed by atoms with E-state index in [1.807, 2.05) is 19.1 Å². The molecular formula is C13H21Cl2N3O. The Balaban J connectivity index is 0.00000162. The van der Waals surface area contributed by atoms with Crippen LogP contribution in [0.4, 0.5) is 5.82 Å². The molecule has 1 aromatic rings. The highest BCUT2D eigenvalue weighted by Gasteiger charge is 2.31. The van der Waals surface area contributed by atoms with Gasteiger partial charge in [-0.25, -0.2) is 4.98 Å². The van der Waals surface area contributed by atoms with Crippen LogP contribution in [0.3, 0.4) is 0 Å². The number of hydrogen-bond acceptors (Lipinski definition) is 3. The molecule has 1 aromatic heterocycles. The third-order valence-corrected chi connectivity index (χ3v) is 3.47. The molecule has 3 N–H and O–H groups in total. The highest BCUT2D eigenvalue weighted by Crippen LogP contribution is 2.31. The van der Waals surface area contributed by atoms with Crippen LogP contribution in [0.15, 0.2) is 18.3 Å². The second kappa shape index (κ2) is 8.35. The monoisotopic (exact) mass is 305 g/mol. The molecule has 1 fully saturated rings. The summed E-state index contributed by atoms with van der Waals surface area (Å²) in [4.78, 5) is 16.2. The third-order valence-electron chi connectivity index (χ3n) is 3.47. The first-order chi connectivity index (χ1) is 8.20. The molecule has 0 bridgehead atoms. The van der Waals surface area contributed by atoms with Gasteiger partial charge >= 0.3 is 0 Å². The summed E-state index contributed by atoms with van der Waals surface area (Å²) < 4.78 is 0. The Bertz CT molecular complexity index is 415. The van der Waals surface area contributed by atoms with E-state index < -0.39 is 0 Å². The van der Waals surface area contributed by atoms with Gasteiger partial charge in [-0.2, -0.15) is 0 Å². The predicted molar refractivity (Wildman–Crippen MR) is 82.0 cm³/mol. The van der Waals surface area contributed by atoms with Crippen molar-refractivity contribution < 1.29 is 4.79 Å². The maximum Gasteiger partial charge on any atom is 0.228 e. The Kier molecular flexibility index (Phi) is 7.99. The van der Waals surface area contributed by atoms with Crippen LogP contribution in [0.5, 0.6) is 0 Å². The summed E-state index contributed by atoms with van der Waals surface area (Å²) in [5.74, 6) is 1.09. The normalized spacial score (nSPS) is 21.2. The molecule has 0 spiro atoms. The Morgan fingerprint density at radius 1 is 1.47 bits per heavy atom. The van der Waals surface area contributed by atoms with Crippen molar-refractivity contribution in [3.8, 4) is 0 Å². The largest absolute Gasteiger partial charge is 0.330 e. The Labute approximate surface area is 126 Å². The minimum absolute atomic E-state index is 0. The second-order valence-electron chi connectivity index (χ2n) is 4.74. The van der Waals surface area contributed by atoms with E-state index in [2.05, 4.69) is 10.3 Å². The van der Waals surface area contributed by atoms with Gasteiger partial charge in [0.05, 0.1) is 0 Å². The van der Waals surface area contributed by atoms with E-state index in [1.54, 1.807) is 6.20 Å². The number of anilines is 1. The topological polar surface area (TPSA) is 68.0 Å². The van der Waals surface area contributed by atoms with Gasteiger partial charge in [0.15, 0.2) is 0 Å². The summed E-state index contributed by atoms with van der Waals surface area (Å²) in [6.07, 6.45) is 4.82. The molecule has 19 heavy (non-hydrogen) atoms. The van der Waals surface area contributed by atoms with Crippen molar-refractivity contribution in [1.29, 1.82) is 0 Å². The molecule has 0 radical (unpaired) electrons. The van der Waals surface area contributed by atoms with Gasteiger partial charge in [-0.05, 0) is 49.9 Å². The van der Waals surface area contributed by atoms with Crippen LogP contribution in [0.2, 0.25) is 0 Å². The fourth-order valence-corrected chi connectivity index (χ4v) is 2.49. The van der Waals surface area contributed by atoms with Crippen molar-refractivity contribution in [3.63, 3.8) is 0 Å². The molecule has 2 atom stereocenters. The molecule has 2 rings (SSSR count). The quantitative estimate of drug-likeness (QED) is 0.902. The lowest BCUT2D eigenvalue weighted by Crippen LogP contribution is -2.30. The standard InChI is InChI=1S/C13H19N3O.2ClH/c1-9-5-6-15-12(7-9)16-13(17)11-4-2-3-10(11)8-14;;/h5-7,10-11H,2-4,8,14H2,1H3,(H,15,16,17);2*1H/t10-,11-;;/m1../s1. The highest BCUT2D eigenvalue weighted by molar-refractivity contribution is 5.92. The van der Waals surface area contributed by atoms with E-state index in [9.17, 15) is 4.79 Å². The van der Waals surface area contributed by atoms with Crippen LogP contribution < -0.4 is 11.1 Å². The number of rotatable bonds is 3. The van der Waals surface area contributed by atoms with E-state index in [-0.39, 0.29) is 36.6 Å². The molecule has 1 amide bonds. The van der Waals surface area contributed by atoms with Crippen LogP contribution in [0.1, 0.15) is 24.8 Å². The van der Waals surface area contributed by atoms with Gasteiger partial charge < -0.3 is 11.1 Å². The summed E-state index contributed by atoms with van der Waals surface area (Å²) in [6.45, 7) is 2.58. The van der Waals surface area contributed by atoms with Gasteiger partial charge in [0.2, 0.25) is 5.91 Å². The molecule has 0 saturated heterocycles. The smallest absolute Gasteiger partial charge is 0.228 e. The Morgan fingerprint density at radius 3 is 2.84 bits per heavy atom. The maximum atomic E-state index is 12.1. The number of nitrogens with one attached hydrogen (secondary N) is 1. The molecule has 108 valence electrons. The molecule has 4 nitrogen and oxygen atoms in total. The molecular weight excluding hydrogens is 285 g/mol. The van der Waals surface area contributed by atoms with Crippen LogP contribution in [-0.4, -0.2) is 17.4 Å². The number of nitrogens with two attached hydrogens (primary N) is 1. The summed E-state index contributed by atoms with van der Waals surface area (Å²) in [5, 5.41) is 2.88. The van der Waals surface area contributed by atoms with E-state index >= 15 is 0 Å². The zero-order valence-electron chi connectivity index (χ0n) is 11.0. The van der Waals surface area contributed by atoms with Crippen LogP contribution in [-0.2, 0) is 4.79 Å². The summed E-state index contributed by atoms with van der Waals surface area (Å²) in [7, 11) is 0. The van der Waals surface area contributed by atoms with Gasteiger partial charge in [-0.3, -0.25) is 4.79 Å². The van der Waals surface area contributed by atoms with E-state index in [0.717, 1.165) is 24.8 Å². The Morgan fingerprint density at radius 2 is 2.21 bits per heavy atom. The van der Waals surface area contributed by atoms with Gasteiger partial charge in [-0.15, -0.1) is 24.8 Å². The highest BCUT2D eigenvalue weighted by atomic mass is 35.5. The van der Waals surface area contributed by atoms with Crippen molar-refractivity contribution >= 4 is 36.5 Å². The van der Waals surface area contributed by atoms with Crippen molar-refractivity contribution in [2.24, 2.45) is 17.6 Å². The minimum Gasteiger partial charge on any atom is -0.330 e. The average molecular weight is 306 g/mol. The summed E-state index contributed by atoms with van der Waals surface area (Å²) in [5.41, 5.74) is 6.78. The number of carbonyl (C=O) groups excluding carboxylic acids is 1. The number of amides is 1. The lowest BCUT2D eigenvalue weighted by atomic mass is 9.95. The molecule has 6 heteroatoms. The number of pyridine rings is 1. The first kappa shape index (κ1) is 18.2. The van der Waals surface area contributed by atoms with E-state index in [4.69, 9.17) is 5.73 Å².